The summed E-state index contributed by atoms with van der Waals surface area (Å²) in [6.45, 7) is 1.00. The molecule has 0 saturated carbocycles. The Balaban J connectivity index is 0.00000364. The minimum Gasteiger partial charge on any atom is -0.497 e. The minimum atomic E-state index is -3.78. The molecule has 1 aromatic rings. The van der Waals surface area contributed by atoms with Gasteiger partial charge in [-0.05, 0) is 12.1 Å². The number of halogens is 1. The number of methoxy groups -OCH3 is 3. The van der Waals surface area contributed by atoms with Gasteiger partial charge in [-0.25, -0.2) is 8.42 Å². The number of sulfonamides is 1. The zero-order valence-corrected chi connectivity index (χ0v) is 17.2. The summed E-state index contributed by atoms with van der Waals surface area (Å²) in [7, 11) is 0.564. The second-order valence-electron chi connectivity index (χ2n) is 5.81. The molecule has 0 bridgehead atoms. The van der Waals surface area contributed by atoms with Gasteiger partial charge in [-0.3, -0.25) is 4.79 Å². The van der Waals surface area contributed by atoms with Crippen LogP contribution in [0.3, 0.4) is 0 Å². The zero-order chi connectivity index (χ0) is 19.3. The van der Waals surface area contributed by atoms with Gasteiger partial charge in [0.05, 0.1) is 20.8 Å². The highest BCUT2D eigenvalue weighted by molar-refractivity contribution is 7.89. The van der Waals surface area contributed by atoms with Gasteiger partial charge in [0.15, 0.2) is 0 Å². The van der Waals surface area contributed by atoms with Crippen LogP contribution in [0.15, 0.2) is 23.1 Å². The Morgan fingerprint density at radius 3 is 2.30 bits per heavy atom. The molecule has 1 fully saturated rings. The molecule has 154 valence electrons. The molecule has 0 aromatic heterocycles. The largest absolute Gasteiger partial charge is 0.497 e. The van der Waals surface area contributed by atoms with Gasteiger partial charge in [-0.15, -0.1) is 12.4 Å². The molecular weight excluding hydrogens is 398 g/mol. The maximum atomic E-state index is 13.0. The molecule has 9 nitrogen and oxygen atoms in total. The van der Waals surface area contributed by atoms with Crippen LogP contribution < -0.4 is 15.2 Å². The number of carbonyl (C=O) groups is 1. The van der Waals surface area contributed by atoms with Gasteiger partial charge in [0, 0.05) is 39.4 Å². The average Bonchev–Trinajstić information content (AvgIpc) is 2.67. The summed E-state index contributed by atoms with van der Waals surface area (Å²) < 4.78 is 42.5. The molecule has 27 heavy (non-hydrogen) atoms. The third-order valence-corrected chi connectivity index (χ3v) is 6.12. The van der Waals surface area contributed by atoms with Crippen LogP contribution in [0.1, 0.15) is 0 Å². The first-order valence-electron chi connectivity index (χ1n) is 8.10. The van der Waals surface area contributed by atoms with E-state index in [1.807, 2.05) is 0 Å². The number of benzene rings is 1. The monoisotopic (exact) mass is 423 g/mol. The third kappa shape index (κ3) is 5.23. The van der Waals surface area contributed by atoms with Crippen LogP contribution in [0.2, 0.25) is 0 Å². The molecule has 1 aliphatic rings. The van der Waals surface area contributed by atoms with E-state index in [0.29, 0.717) is 5.75 Å². The van der Waals surface area contributed by atoms with Crippen LogP contribution in [-0.2, 0) is 19.6 Å². The Morgan fingerprint density at radius 2 is 1.78 bits per heavy atom. The van der Waals surface area contributed by atoms with Gasteiger partial charge in [0.1, 0.15) is 22.4 Å². The van der Waals surface area contributed by atoms with E-state index in [-0.39, 0.29) is 61.7 Å². The van der Waals surface area contributed by atoms with Gasteiger partial charge in [0.25, 0.3) is 0 Å². The van der Waals surface area contributed by atoms with E-state index in [9.17, 15) is 13.2 Å². The molecule has 1 heterocycles. The number of ether oxygens (including phenoxy) is 3. The summed E-state index contributed by atoms with van der Waals surface area (Å²) in [5, 5.41) is 0. The summed E-state index contributed by atoms with van der Waals surface area (Å²) in [5.74, 6) is 0.415. The quantitative estimate of drug-likeness (QED) is 0.653. The van der Waals surface area contributed by atoms with E-state index in [0.717, 1.165) is 0 Å². The molecule has 1 amide bonds. The van der Waals surface area contributed by atoms with E-state index in [4.69, 9.17) is 19.9 Å². The number of amides is 1. The predicted octanol–water partition coefficient (Wildman–Crippen LogP) is -0.0678. The second kappa shape index (κ2) is 10.1. The fourth-order valence-electron chi connectivity index (χ4n) is 2.76. The number of piperazine rings is 1. The van der Waals surface area contributed by atoms with Crippen molar-refractivity contribution in [2.24, 2.45) is 5.73 Å². The molecule has 0 radical (unpaired) electrons. The smallest absolute Gasteiger partial charge is 0.247 e. The molecular formula is C16H26ClN3O6S. The normalized spacial score (nSPS) is 16.4. The maximum absolute atomic E-state index is 13.0. The lowest BCUT2D eigenvalue weighted by molar-refractivity contribution is -0.134. The highest BCUT2D eigenvalue weighted by atomic mass is 35.5. The molecule has 1 unspecified atom stereocenters. The highest BCUT2D eigenvalue weighted by Crippen LogP contribution is 2.31. The molecule has 2 N–H and O–H groups in total. The molecule has 1 atom stereocenters. The first kappa shape index (κ1) is 23.4. The van der Waals surface area contributed by atoms with Gasteiger partial charge in [-0.1, -0.05) is 0 Å². The Kier molecular flexibility index (Phi) is 8.76. The number of nitrogens with zero attached hydrogens (tertiary/aromatic N) is 2. The molecule has 1 aromatic carbocycles. The minimum absolute atomic E-state index is 0. The van der Waals surface area contributed by atoms with E-state index < -0.39 is 16.1 Å². The molecule has 11 heteroatoms. The molecule has 1 saturated heterocycles. The van der Waals surface area contributed by atoms with Crippen molar-refractivity contribution in [2.75, 3.05) is 54.1 Å². The summed E-state index contributed by atoms with van der Waals surface area (Å²) in [5.41, 5.74) is 5.76. The number of rotatable bonds is 7. The van der Waals surface area contributed by atoms with Crippen molar-refractivity contribution < 1.29 is 27.4 Å². The van der Waals surface area contributed by atoms with Crippen molar-refractivity contribution in [3.05, 3.63) is 18.2 Å². The first-order chi connectivity index (χ1) is 12.3. The predicted molar refractivity (Wildman–Crippen MR) is 102 cm³/mol. The van der Waals surface area contributed by atoms with Crippen LogP contribution in [-0.4, -0.2) is 83.7 Å². The summed E-state index contributed by atoms with van der Waals surface area (Å²) >= 11 is 0. The maximum Gasteiger partial charge on any atom is 0.247 e. The zero-order valence-electron chi connectivity index (χ0n) is 15.6. The third-order valence-electron chi connectivity index (χ3n) is 4.20. The van der Waals surface area contributed by atoms with Gasteiger partial charge < -0.3 is 24.8 Å². The molecule has 0 spiro atoms. The number of hydrogen-bond acceptors (Lipinski definition) is 7. The van der Waals surface area contributed by atoms with Crippen LogP contribution in [0.4, 0.5) is 0 Å². The van der Waals surface area contributed by atoms with Crippen LogP contribution in [0, 0.1) is 0 Å². The topological polar surface area (TPSA) is 111 Å². The standard InChI is InChI=1S/C16H25N3O6S.ClH/c1-23-11-13(17)16(20)18-6-8-19(9-7-18)26(21,22)15-10-12(24-2)4-5-14(15)25-3;/h4-5,10,13H,6-9,11,17H2,1-3H3;1H. The van der Waals surface area contributed by atoms with Crippen molar-refractivity contribution in [3.8, 4) is 11.5 Å². The summed E-state index contributed by atoms with van der Waals surface area (Å²) in [4.78, 5) is 13.8. The van der Waals surface area contributed by atoms with E-state index in [1.165, 1.54) is 31.7 Å². The average molecular weight is 424 g/mol. The lowest BCUT2D eigenvalue weighted by Crippen LogP contribution is -2.55. The van der Waals surface area contributed by atoms with Crippen LogP contribution >= 0.6 is 12.4 Å². The van der Waals surface area contributed by atoms with Crippen molar-refractivity contribution in [2.45, 2.75) is 10.9 Å². The number of carbonyl (C=O) groups excluding carboxylic acids is 1. The van der Waals surface area contributed by atoms with Crippen LogP contribution in [0.5, 0.6) is 11.5 Å². The van der Waals surface area contributed by atoms with Crippen molar-refractivity contribution in [1.29, 1.82) is 0 Å². The Morgan fingerprint density at radius 1 is 1.15 bits per heavy atom. The van der Waals surface area contributed by atoms with Crippen molar-refractivity contribution in [3.63, 3.8) is 0 Å². The fourth-order valence-corrected chi connectivity index (χ4v) is 4.35. The lowest BCUT2D eigenvalue weighted by atomic mass is 10.2. The van der Waals surface area contributed by atoms with Gasteiger partial charge in [-0.2, -0.15) is 4.31 Å². The van der Waals surface area contributed by atoms with E-state index in [2.05, 4.69) is 0 Å². The van der Waals surface area contributed by atoms with Gasteiger partial charge in [0.2, 0.25) is 15.9 Å². The molecule has 1 aliphatic heterocycles. The molecule has 2 rings (SSSR count). The SMILES string of the molecule is COCC(N)C(=O)N1CCN(S(=O)(=O)c2cc(OC)ccc2OC)CC1.Cl. The summed E-state index contributed by atoms with van der Waals surface area (Å²) in [6.07, 6.45) is 0. The Labute approximate surface area is 165 Å². The highest BCUT2D eigenvalue weighted by Gasteiger charge is 2.33. The first-order valence-corrected chi connectivity index (χ1v) is 9.54. The van der Waals surface area contributed by atoms with Crippen molar-refractivity contribution >= 4 is 28.3 Å². The Bertz CT molecular complexity index is 738. The van der Waals surface area contributed by atoms with E-state index in [1.54, 1.807) is 17.0 Å². The van der Waals surface area contributed by atoms with Crippen molar-refractivity contribution in [1.82, 2.24) is 9.21 Å². The summed E-state index contributed by atoms with van der Waals surface area (Å²) in [6, 6.07) is 3.86. The van der Waals surface area contributed by atoms with Crippen LogP contribution in [0.25, 0.3) is 0 Å². The fraction of sp³-hybridized carbons (Fsp3) is 0.562. The number of nitrogens with two attached hydrogens (primary N) is 1. The molecule has 0 aliphatic carbocycles. The van der Waals surface area contributed by atoms with Gasteiger partial charge >= 0.3 is 0 Å². The number of hydrogen-bond donors (Lipinski definition) is 1. The van der Waals surface area contributed by atoms with E-state index >= 15 is 0 Å². The second-order valence-corrected chi connectivity index (χ2v) is 7.71. The Hall–Kier alpha value is -1.59. The lowest BCUT2D eigenvalue weighted by Gasteiger charge is -2.35.